The van der Waals surface area contributed by atoms with Crippen molar-refractivity contribution in [1.29, 1.82) is 0 Å². The van der Waals surface area contributed by atoms with Gasteiger partial charge in [-0.1, -0.05) is 61.5 Å². The van der Waals surface area contributed by atoms with Crippen LogP contribution in [0, 0.1) is 0 Å². The summed E-state index contributed by atoms with van der Waals surface area (Å²) in [6.45, 7) is 3.04. The van der Waals surface area contributed by atoms with Crippen molar-refractivity contribution in [2.75, 3.05) is 0 Å². The van der Waals surface area contributed by atoms with Gasteiger partial charge in [-0.3, -0.25) is 0 Å². The minimum absolute atomic E-state index is 0.0724. The average molecular weight is 260 g/mol. The normalized spacial score (nSPS) is 13.3. The summed E-state index contributed by atoms with van der Waals surface area (Å²) in [5, 5.41) is 0. The number of alkyl halides is 2. The molecule has 0 saturated carbocycles. The lowest BCUT2D eigenvalue weighted by Crippen LogP contribution is -2.07. The quantitative estimate of drug-likeness (QED) is 0.713. The lowest BCUT2D eigenvalue weighted by molar-refractivity contribution is 0.0174. The van der Waals surface area contributed by atoms with Crippen molar-refractivity contribution in [3.63, 3.8) is 0 Å². The summed E-state index contributed by atoms with van der Waals surface area (Å²) < 4.78 is 26.3. The number of hydrogen-bond donors (Lipinski definition) is 0. The molecular formula is C17H18F2. The van der Waals surface area contributed by atoms with Gasteiger partial charge in [-0.25, -0.2) is 8.78 Å². The Balaban J connectivity index is 2.10. The Morgan fingerprint density at radius 3 is 2.05 bits per heavy atom. The van der Waals surface area contributed by atoms with Gasteiger partial charge < -0.3 is 0 Å². The summed E-state index contributed by atoms with van der Waals surface area (Å²) in [5.41, 5.74) is 2.43. The van der Waals surface area contributed by atoms with Crippen LogP contribution in [0.4, 0.5) is 8.78 Å². The van der Waals surface area contributed by atoms with Gasteiger partial charge in [0.25, 0.3) is 5.92 Å². The third-order valence-electron chi connectivity index (χ3n) is 3.37. The first-order chi connectivity index (χ1) is 8.97. The first-order valence-electron chi connectivity index (χ1n) is 6.49. The van der Waals surface area contributed by atoms with E-state index in [9.17, 15) is 8.78 Å². The Morgan fingerprint density at radius 2 is 1.53 bits per heavy atom. The Labute approximate surface area is 113 Å². The molecule has 2 rings (SSSR count). The van der Waals surface area contributed by atoms with E-state index >= 15 is 0 Å². The maximum Gasteiger partial charge on any atom is 0.270 e. The zero-order chi connectivity index (χ0) is 13.9. The molecule has 0 N–H and O–H groups in total. The van der Waals surface area contributed by atoms with Gasteiger partial charge in [-0.2, -0.15) is 0 Å². The largest absolute Gasteiger partial charge is 0.270 e. The molecule has 1 unspecified atom stereocenters. The average Bonchev–Trinajstić information content (AvgIpc) is 2.39. The number of hydrogen-bond acceptors (Lipinski definition) is 0. The molecule has 0 amide bonds. The van der Waals surface area contributed by atoms with E-state index in [0.29, 0.717) is 5.92 Å². The summed E-state index contributed by atoms with van der Waals surface area (Å²) in [4.78, 5) is 0. The standard InChI is InChI=1S/C17H18F2/c1-13(12-14-6-4-3-5-7-14)15-8-10-16(11-9-15)17(2,18)19/h3-11,13H,12H2,1-2H3. The Morgan fingerprint density at radius 1 is 0.947 bits per heavy atom. The molecule has 0 radical (unpaired) electrons. The first-order valence-corrected chi connectivity index (χ1v) is 6.49. The summed E-state index contributed by atoms with van der Waals surface area (Å²) in [7, 11) is 0. The minimum atomic E-state index is -2.76. The van der Waals surface area contributed by atoms with Crippen LogP contribution in [0.5, 0.6) is 0 Å². The molecule has 0 heterocycles. The van der Waals surface area contributed by atoms with E-state index in [-0.39, 0.29) is 5.56 Å². The fourth-order valence-electron chi connectivity index (χ4n) is 2.19. The predicted octanol–water partition coefficient (Wildman–Crippen LogP) is 5.14. The second-order valence-corrected chi connectivity index (χ2v) is 5.10. The van der Waals surface area contributed by atoms with Crippen molar-refractivity contribution in [3.05, 3.63) is 71.3 Å². The van der Waals surface area contributed by atoms with Gasteiger partial charge in [0.15, 0.2) is 0 Å². The highest BCUT2D eigenvalue weighted by atomic mass is 19.3. The van der Waals surface area contributed by atoms with Crippen molar-refractivity contribution in [2.45, 2.75) is 32.1 Å². The third-order valence-corrected chi connectivity index (χ3v) is 3.37. The molecule has 0 nitrogen and oxygen atoms in total. The van der Waals surface area contributed by atoms with Crippen LogP contribution in [-0.2, 0) is 12.3 Å². The summed E-state index contributed by atoms with van der Waals surface area (Å²) in [5.74, 6) is -2.44. The van der Waals surface area contributed by atoms with Crippen LogP contribution in [-0.4, -0.2) is 0 Å². The van der Waals surface area contributed by atoms with E-state index in [1.54, 1.807) is 12.1 Å². The maximum atomic E-state index is 13.1. The van der Waals surface area contributed by atoms with E-state index in [1.165, 1.54) is 17.7 Å². The topological polar surface area (TPSA) is 0 Å². The summed E-state index contributed by atoms with van der Waals surface area (Å²) >= 11 is 0. The van der Waals surface area contributed by atoms with Crippen LogP contribution in [0.2, 0.25) is 0 Å². The Bertz CT molecular complexity index is 509. The highest BCUT2D eigenvalue weighted by Gasteiger charge is 2.23. The zero-order valence-corrected chi connectivity index (χ0v) is 11.2. The summed E-state index contributed by atoms with van der Waals surface area (Å²) in [6, 6.07) is 16.9. The van der Waals surface area contributed by atoms with Gasteiger partial charge in [-0.05, 0) is 23.5 Å². The molecule has 0 aliphatic heterocycles. The summed E-state index contributed by atoms with van der Waals surface area (Å²) in [6.07, 6.45) is 0.919. The monoisotopic (exact) mass is 260 g/mol. The lowest BCUT2D eigenvalue weighted by Gasteiger charge is -2.15. The van der Waals surface area contributed by atoms with Gasteiger partial charge in [0.1, 0.15) is 0 Å². The van der Waals surface area contributed by atoms with Gasteiger partial charge >= 0.3 is 0 Å². The predicted molar refractivity (Wildman–Crippen MR) is 74.6 cm³/mol. The highest BCUT2D eigenvalue weighted by Crippen LogP contribution is 2.28. The van der Waals surface area contributed by atoms with Crippen molar-refractivity contribution < 1.29 is 8.78 Å². The molecule has 0 fully saturated rings. The third kappa shape index (κ3) is 3.63. The number of benzene rings is 2. The van der Waals surface area contributed by atoms with Crippen LogP contribution in [0.3, 0.4) is 0 Å². The smallest absolute Gasteiger partial charge is 0.202 e. The van der Waals surface area contributed by atoms with Gasteiger partial charge in [0.2, 0.25) is 0 Å². The zero-order valence-electron chi connectivity index (χ0n) is 11.2. The molecule has 0 bridgehead atoms. The van der Waals surface area contributed by atoms with Gasteiger partial charge in [0.05, 0.1) is 0 Å². The second-order valence-electron chi connectivity index (χ2n) is 5.10. The molecule has 19 heavy (non-hydrogen) atoms. The fourth-order valence-corrected chi connectivity index (χ4v) is 2.19. The first kappa shape index (κ1) is 13.7. The number of rotatable bonds is 4. The van der Waals surface area contributed by atoms with Crippen LogP contribution < -0.4 is 0 Å². The molecule has 2 aromatic carbocycles. The maximum absolute atomic E-state index is 13.1. The lowest BCUT2D eigenvalue weighted by atomic mass is 9.92. The molecule has 0 aromatic heterocycles. The van der Waals surface area contributed by atoms with Gasteiger partial charge in [0, 0.05) is 12.5 Å². The fraction of sp³-hybridized carbons (Fsp3) is 0.294. The van der Waals surface area contributed by atoms with E-state index in [4.69, 9.17) is 0 Å². The minimum Gasteiger partial charge on any atom is -0.202 e. The molecule has 1 atom stereocenters. The highest BCUT2D eigenvalue weighted by molar-refractivity contribution is 5.29. The molecule has 2 aromatic rings. The molecule has 0 aliphatic carbocycles. The van der Waals surface area contributed by atoms with Crippen LogP contribution >= 0.6 is 0 Å². The Hall–Kier alpha value is -1.70. The molecule has 0 aliphatic rings. The van der Waals surface area contributed by atoms with Gasteiger partial charge in [-0.15, -0.1) is 0 Å². The molecular weight excluding hydrogens is 242 g/mol. The molecule has 2 heteroatoms. The van der Waals surface area contributed by atoms with E-state index in [1.807, 2.05) is 18.2 Å². The van der Waals surface area contributed by atoms with Crippen LogP contribution in [0.15, 0.2) is 54.6 Å². The van der Waals surface area contributed by atoms with Crippen LogP contribution in [0.1, 0.15) is 36.5 Å². The SMILES string of the molecule is CC(Cc1ccccc1)c1ccc(C(C)(F)F)cc1. The van der Waals surface area contributed by atoms with Crippen molar-refractivity contribution in [3.8, 4) is 0 Å². The number of halogens is 2. The second kappa shape index (κ2) is 5.52. The van der Waals surface area contributed by atoms with Crippen molar-refractivity contribution in [1.82, 2.24) is 0 Å². The van der Waals surface area contributed by atoms with Crippen molar-refractivity contribution >= 4 is 0 Å². The van der Waals surface area contributed by atoms with E-state index < -0.39 is 5.92 Å². The van der Waals surface area contributed by atoms with E-state index in [2.05, 4.69) is 19.1 Å². The molecule has 0 spiro atoms. The molecule has 0 saturated heterocycles. The Kier molecular flexibility index (Phi) is 3.98. The molecule has 100 valence electrons. The van der Waals surface area contributed by atoms with Crippen molar-refractivity contribution in [2.24, 2.45) is 0 Å². The van der Waals surface area contributed by atoms with Crippen LogP contribution in [0.25, 0.3) is 0 Å². The van der Waals surface area contributed by atoms with E-state index in [0.717, 1.165) is 18.9 Å².